The number of nitrogens with one attached hydrogen (secondary N) is 1. The third-order valence-electron chi connectivity index (χ3n) is 2.95. The van der Waals surface area contributed by atoms with Gasteiger partial charge in [0, 0.05) is 6.04 Å². The summed E-state index contributed by atoms with van der Waals surface area (Å²) >= 11 is 0. The fourth-order valence-corrected chi connectivity index (χ4v) is 1.39. The van der Waals surface area contributed by atoms with Crippen LogP contribution in [0.5, 0.6) is 0 Å². The number of aliphatic carboxylic acids is 1. The standard InChI is InChI=1S/C11H19NO4/c1-7(13)5-6-11(2,10(15)16)9(14)12-8-3-4-8/h7-8,13H,3-6H2,1-2H3,(H,12,14)(H,15,16). The van der Waals surface area contributed by atoms with Gasteiger partial charge in [-0.1, -0.05) is 0 Å². The van der Waals surface area contributed by atoms with Crippen LogP contribution in [0.1, 0.15) is 39.5 Å². The summed E-state index contributed by atoms with van der Waals surface area (Å²) in [6.45, 7) is 3.00. The Morgan fingerprint density at radius 3 is 2.44 bits per heavy atom. The maximum absolute atomic E-state index is 11.8. The van der Waals surface area contributed by atoms with Crippen LogP contribution in [0.25, 0.3) is 0 Å². The Labute approximate surface area is 94.8 Å². The molecule has 1 aliphatic rings. The van der Waals surface area contributed by atoms with Crippen molar-refractivity contribution in [2.24, 2.45) is 5.41 Å². The first-order valence-electron chi connectivity index (χ1n) is 5.58. The molecule has 1 amide bonds. The molecule has 0 aliphatic heterocycles. The van der Waals surface area contributed by atoms with Crippen molar-refractivity contribution in [2.45, 2.75) is 51.7 Å². The lowest BCUT2D eigenvalue weighted by Gasteiger charge is -2.24. The van der Waals surface area contributed by atoms with Gasteiger partial charge < -0.3 is 15.5 Å². The van der Waals surface area contributed by atoms with Crippen molar-refractivity contribution in [2.75, 3.05) is 0 Å². The molecule has 16 heavy (non-hydrogen) atoms. The van der Waals surface area contributed by atoms with Gasteiger partial charge in [-0.2, -0.15) is 0 Å². The first-order valence-corrected chi connectivity index (χ1v) is 5.58. The van der Waals surface area contributed by atoms with E-state index in [-0.39, 0.29) is 12.5 Å². The molecule has 1 aliphatic carbocycles. The molecule has 0 radical (unpaired) electrons. The van der Waals surface area contributed by atoms with Gasteiger partial charge in [-0.15, -0.1) is 0 Å². The van der Waals surface area contributed by atoms with Crippen LogP contribution >= 0.6 is 0 Å². The van der Waals surface area contributed by atoms with Gasteiger partial charge in [0.2, 0.25) is 5.91 Å². The molecule has 0 aromatic rings. The molecule has 2 atom stereocenters. The fraction of sp³-hybridized carbons (Fsp3) is 0.818. The highest BCUT2D eigenvalue weighted by Crippen LogP contribution is 2.28. The molecule has 0 spiro atoms. The van der Waals surface area contributed by atoms with E-state index in [9.17, 15) is 9.59 Å². The topological polar surface area (TPSA) is 86.6 Å². The van der Waals surface area contributed by atoms with Crippen molar-refractivity contribution >= 4 is 11.9 Å². The van der Waals surface area contributed by atoms with Gasteiger partial charge >= 0.3 is 5.97 Å². The normalized spacial score (nSPS) is 20.9. The second-order valence-corrected chi connectivity index (χ2v) is 4.77. The summed E-state index contributed by atoms with van der Waals surface area (Å²) in [6.07, 6.45) is 1.72. The lowest BCUT2D eigenvalue weighted by atomic mass is 9.83. The number of aliphatic hydroxyl groups is 1. The van der Waals surface area contributed by atoms with Crippen LogP contribution in [0.4, 0.5) is 0 Å². The number of carboxylic acids is 1. The van der Waals surface area contributed by atoms with E-state index in [1.54, 1.807) is 6.92 Å². The zero-order valence-corrected chi connectivity index (χ0v) is 9.69. The van der Waals surface area contributed by atoms with Crippen LogP contribution < -0.4 is 5.32 Å². The Balaban J connectivity index is 2.61. The smallest absolute Gasteiger partial charge is 0.318 e. The summed E-state index contributed by atoms with van der Waals surface area (Å²) in [5, 5.41) is 21.0. The Morgan fingerprint density at radius 2 is 2.06 bits per heavy atom. The van der Waals surface area contributed by atoms with Crippen molar-refractivity contribution in [3.63, 3.8) is 0 Å². The molecule has 5 heteroatoms. The van der Waals surface area contributed by atoms with E-state index >= 15 is 0 Å². The fourth-order valence-electron chi connectivity index (χ4n) is 1.39. The number of aliphatic hydroxyl groups excluding tert-OH is 1. The summed E-state index contributed by atoms with van der Waals surface area (Å²) in [7, 11) is 0. The molecule has 3 N–H and O–H groups in total. The summed E-state index contributed by atoms with van der Waals surface area (Å²) in [4.78, 5) is 22.9. The Hall–Kier alpha value is -1.10. The number of rotatable bonds is 6. The molecular weight excluding hydrogens is 210 g/mol. The lowest BCUT2D eigenvalue weighted by Crippen LogP contribution is -2.45. The predicted octanol–water partition coefficient (Wildman–Crippen LogP) is 0.517. The Kier molecular flexibility index (Phi) is 3.91. The first kappa shape index (κ1) is 13.0. The van der Waals surface area contributed by atoms with Crippen LogP contribution in [0.3, 0.4) is 0 Å². The third-order valence-corrected chi connectivity index (χ3v) is 2.95. The molecule has 1 rings (SSSR count). The van der Waals surface area contributed by atoms with Crippen molar-refractivity contribution in [3.8, 4) is 0 Å². The molecule has 0 aromatic carbocycles. The maximum Gasteiger partial charge on any atom is 0.318 e. The Bertz CT molecular complexity index is 286. The number of hydrogen-bond acceptors (Lipinski definition) is 3. The van der Waals surface area contributed by atoms with Gasteiger partial charge in [0.15, 0.2) is 0 Å². The monoisotopic (exact) mass is 229 g/mol. The van der Waals surface area contributed by atoms with Gasteiger partial charge in [-0.25, -0.2) is 0 Å². The van der Waals surface area contributed by atoms with E-state index in [2.05, 4.69) is 5.32 Å². The molecular formula is C11H19NO4. The summed E-state index contributed by atoms with van der Waals surface area (Å²) in [5.74, 6) is -1.57. The highest BCUT2D eigenvalue weighted by Gasteiger charge is 2.42. The molecule has 0 bridgehead atoms. The number of hydrogen-bond donors (Lipinski definition) is 3. The highest BCUT2D eigenvalue weighted by atomic mass is 16.4. The minimum atomic E-state index is -1.43. The minimum Gasteiger partial charge on any atom is -0.480 e. The number of carbonyl (C=O) groups excluding carboxylic acids is 1. The molecule has 92 valence electrons. The quantitative estimate of drug-likeness (QED) is 0.579. The summed E-state index contributed by atoms with van der Waals surface area (Å²) in [5.41, 5.74) is -1.43. The highest BCUT2D eigenvalue weighted by molar-refractivity contribution is 6.01. The molecule has 0 aromatic heterocycles. The van der Waals surface area contributed by atoms with E-state index in [4.69, 9.17) is 10.2 Å². The second kappa shape index (κ2) is 4.82. The van der Waals surface area contributed by atoms with Crippen LogP contribution in [0.15, 0.2) is 0 Å². The van der Waals surface area contributed by atoms with E-state index in [1.807, 2.05) is 0 Å². The van der Waals surface area contributed by atoms with Gasteiger partial charge in [-0.3, -0.25) is 9.59 Å². The molecule has 0 heterocycles. The zero-order valence-electron chi connectivity index (χ0n) is 9.69. The zero-order chi connectivity index (χ0) is 12.3. The van der Waals surface area contributed by atoms with E-state index < -0.39 is 23.4 Å². The predicted molar refractivity (Wildman–Crippen MR) is 57.8 cm³/mol. The number of carboxylic acid groups (broad SMARTS) is 1. The number of carbonyl (C=O) groups is 2. The largest absolute Gasteiger partial charge is 0.480 e. The van der Waals surface area contributed by atoms with E-state index in [0.717, 1.165) is 12.8 Å². The molecule has 1 saturated carbocycles. The Morgan fingerprint density at radius 1 is 1.50 bits per heavy atom. The van der Waals surface area contributed by atoms with Crippen molar-refractivity contribution in [1.82, 2.24) is 5.32 Å². The van der Waals surface area contributed by atoms with Crippen LogP contribution in [0.2, 0.25) is 0 Å². The third kappa shape index (κ3) is 3.20. The summed E-state index contributed by atoms with van der Waals surface area (Å²) in [6, 6.07) is 0.151. The van der Waals surface area contributed by atoms with Gasteiger partial charge in [-0.05, 0) is 39.5 Å². The van der Waals surface area contributed by atoms with Crippen molar-refractivity contribution in [1.29, 1.82) is 0 Å². The van der Waals surface area contributed by atoms with Crippen molar-refractivity contribution < 1.29 is 19.8 Å². The second-order valence-electron chi connectivity index (χ2n) is 4.77. The number of amides is 1. The maximum atomic E-state index is 11.8. The lowest BCUT2D eigenvalue weighted by molar-refractivity contribution is -0.155. The SMILES string of the molecule is CC(O)CCC(C)(C(=O)O)C(=O)NC1CC1. The first-order chi connectivity index (χ1) is 7.36. The minimum absolute atomic E-state index is 0.151. The molecule has 5 nitrogen and oxygen atoms in total. The van der Waals surface area contributed by atoms with Crippen LogP contribution in [-0.2, 0) is 9.59 Å². The summed E-state index contributed by atoms with van der Waals surface area (Å²) < 4.78 is 0. The van der Waals surface area contributed by atoms with E-state index in [1.165, 1.54) is 6.92 Å². The average molecular weight is 229 g/mol. The van der Waals surface area contributed by atoms with E-state index in [0.29, 0.717) is 6.42 Å². The molecule has 0 saturated heterocycles. The van der Waals surface area contributed by atoms with Crippen LogP contribution in [0, 0.1) is 5.41 Å². The van der Waals surface area contributed by atoms with Crippen LogP contribution in [-0.4, -0.2) is 34.2 Å². The molecule has 2 unspecified atom stereocenters. The van der Waals surface area contributed by atoms with Gasteiger partial charge in [0.25, 0.3) is 0 Å². The van der Waals surface area contributed by atoms with Gasteiger partial charge in [0.05, 0.1) is 6.10 Å². The van der Waals surface area contributed by atoms with Gasteiger partial charge in [0.1, 0.15) is 5.41 Å². The molecule has 1 fully saturated rings. The van der Waals surface area contributed by atoms with Crippen molar-refractivity contribution in [3.05, 3.63) is 0 Å². The average Bonchev–Trinajstić information content (AvgIpc) is 2.97.